The fourth-order valence-corrected chi connectivity index (χ4v) is 8.84. The molecule has 240 valence electrons. The van der Waals surface area contributed by atoms with Crippen LogP contribution < -0.4 is 0 Å². The quantitative estimate of drug-likeness (QED) is 0.189. The van der Waals surface area contributed by atoms with Gasteiger partial charge in [0.15, 0.2) is 0 Å². The highest BCUT2D eigenvalue weighted by Gasteiger charge is 2.25. The summed E-state index contributed by atoms with van der Waals surface area (Å²) in [5, 5.41) is 8.52. The van der Waals surface area contributed by atoms with E-state index >= 15 is 0 Å². The van der Waals surface area contributed by atoms with Gasteiger partial charge in [0.25, 0.3) is 0 Å². The van der Waals surface area contributed by atoms with Gasteiger partial charge in [-0.3, -0.25) is 9.55 Å². The molecule has 0 unspecified atom stereocenters. The second kappa shape index (κ2) is 10.3. The largest absolute Gasteiger partial charge is 0.309 e. The number of benzene rings is 7. The minimum atomic E-state index is 0.913. The zero-order valence-electron chi connectivity index (χ0n) is 28.0. The van der Waals surface area contributed by atoms with Crippen LogP contribution in [0.2, 0.25) is 0 Å². The highest BCUT2D eigenvalue weighted by molar-refractivity contribution is 6.20. The number of pyridine rings is 2. The molecule has 0 saturated carbocycles. The number of hydrogen-bond acceptors (Lipinski definition) is 2. The first-order chi connectivity index (χ1) is 25.8. The summed E-state index contributed by atoms with van der Waals surface area (Å²) in [6.45, 7) is 0. The monoisotopic (exact) mass is 660 g/mol. The van der Waals surface area contributed by atoms with Crippen molar-refractivity contribution in [3.05, 3.63) is 170 Å². The molecule has 0 saturated heterocycles. The van der Waals surface area contributed by atoms with Gasteiger partial charge in [0.05, 0.1) is 33.3 Å². The van der Waals surface area contributed by atoms with Crippen molar-refractivity contribution in [1.29, 1.82) is 0 Å². The number of para-hydroxylation sites is 2. The van der Waals surface area contributed by atoms with E-state index < -0.39 is 0 Å². The molecule has 0 atom stereocenters. The lowest BCUT2D eigenvalue weighted by Gasteiger charge is -2.12. The Bertz CT molecular complexity index is 3290. The molecule has 4 aromatic heterocycles. The van der Waals surface area contributed by atoms with Crippen molar-refractivity contribution >= 4 is 65.3 Å². The van der Waals surface area contributed by atoms with Gasteiger partial charge < -0.3 is 4.57 Å². The minimum absolute atomic E-state index is 0.913. The Kier molecular flexibility index (Phi) is 5.47. The van der Waals surface area contributed by atoms with E-state index in [2.05, 4.69) is 167 Å². The molecule has 0 amide bonds. The van der Waals surface area contributed by atoms with E-state index in [0.29, 0.717) is 0 Å². The average Bonchev–Trinajstić information content (AvgIpc) is 3.84. The topological polar surface area (TPSA) is 35.6 Å². The molecular weight excluding hydrogens is 633 g/mol. The third-order valence-corrected chi connectivity index (χ3v) is 11.1. The Morgan fingerprint density at radius 2 is 1.13 bits per heavy atom. The van der Waals surface area contributed by atoms with E-state index in [1.54, 1.807) is 0 Å². The first-order valence-corrected chi connectivity index (χ1v) is 17.7. The molecular formula is C48H28N4. The highest BCUT2D eigenvalue weighted by atomic mass is 15.1. The lowest BCUT2D eigenvalue weighted by molar-refractivity contribution is 1.11. The molecule has 0 aliphatic heterocycles. The van der Waals surface area contributed by atoms with Crippen molar-refractivity contribution < 1.29 is 0 Å². The van der Waals surface area contributed by atoms with Crippen LogP contribution in [0.1, 0.15) is 0 Å². The first kappa shape index (κ1) is 27.7. The smallest absolute Gasteiger partial charge is 0.138 e. The van der Waals surface area contributed by atoms with Crippen molar-refractivity contribution in [3.8, 4) is 45.0 Å². The van der Waals surface area contributed by atoms with Crippen LogP contribution in [0.25, 0.3) is 110 Å². The molecule has 0 spiro atoms. The van der Waals surface area contributed by atoms with Gasteiger partial charge in [-0.25, -0.2) is 4.98 Å². The molecule has 0 N–H and O–H groups in total. The Hall–Kier alpha value is -7.04. The minimum Gasteiger partial charge on any atom is -0.309 e. The van der Waals surface area contributed by atoms with Crippen LogP contribution in [0.4, 0.5) is 0 Å². The third kappa shape index (κ3) is 3.70. The van der Waals surface area contributed by atoms with E-state index in [1.807, 2.05) is 12.3 Å². The van der Waals surface area contributed by atoms with E-state index in [4.69, 9.17) is 9.97 Å². The lowest BCUT2D eigenvalue weighted by atomic mass is 10.00. The van der Waals surface area contributed by atoms with Crippen LogP contribution in [0.3, 0.4) is 0 Å². The summed E-state index contributed by atoms with van der Waals surface area (Å²) < 4.78 is 4.75. The zero-order valence-corrected chi connectivity index (χ0v) is 28.0. The first-order valence-electron chi connectivity index (χ1n) is 17.7. The Labute approximate surface area is 298 Å². The zero-order chi connectivity index (χ0) is 33.9. The summed E-state index contributed by atoms with van der Waals surface area (Å²) >= 11 is 0. The summed E-state index contributed by atoms with van der Waals surface area (Å²) in [6, 6.07) is 59.3. The highest BCUT2D eigenvalue weighted by Crippen LogP contribution is 2.47. The van der Waals surface area contributed by atoms with Gasteiger partial charge in [0.2, 0.25) is 0 Å². The molecule has 12 rings (SSSR count). The lowest BCUT2D eigenvalue weighted by Crippen LogP contribution is -1.99. The van der Waals surface area contributed by atoms with E-state index in [1.165, 1.54) is 76.6 Å². The van der Waals surface area contributed by atoms with Crippen LogP contribution in [-0.2, 0) is 0 Å². The van der Waals surface area contributed by atoms with Crippen molar-refractivity contribution in [3.63, 3.8) is 0 Å². The van der Waals surface area contributed by atoms with Crippen LogP contribution >= 0.6 is 0 Å². The molecule has 0 bridgehead atoms. The number of hydrogen-bond donors (Lipinski definition) is 0. The fourth-order valence-electron chi connectivity index (χ4n) is 8.84. The van der Waals surface area contributed by atoms with Gasteiger partial charge in [0, 0.05) is 55.3 Å². The molecule has 7 aromatic carbocycles. The molecule has 0 fully saturated rings. The van der Waals surface area contributed by atoms with Gasteiger partial charge >= 0.3 is 0 Å². The molecule has 4 heterocycles. The van der Waals surface area contributed by atoms with E-state index in [0.717, 1.165) is 33.7 Å². The number of fused-ring (bicyclic) bond motifs is 11. The van der Waals surface area contributed by atoms with Crippen molar-refractivity contribution in [2.45, 2.75) is 0 Å². The summed E-state index contributed by atoms with van der Waals surface area (Å²) in [5.41, 5.74) is 13.8. The van der Waals surface area contributed by atoms with Gasteiger partial charge in [0.1, 0.15) is 5.82 Å². The second-order valence-corrected chi connectivity index (χ2v) is 13.8. The average molecular weight is 661 g/mol. The predicted octanol–water partition coefficient (Wildman–Crippen LogP) is 12.3. The summed E-state index contributed by atoms with van der Waals surface area (Å²) in [5.74, 6) is 0.913. The molecule has 4 nitrogen and oxygen atoms in total. The van der Waals surface area contributed by atoms with Crippen molar-refractivity contribution in [2.24, 2.45) is 0 Å². The summed E-state index contributed by atoms with van der Waals surface area (Å²) in [6.07, 6.45) is 1.88. The summed E-state index contributed by atoms with van der Waals surface area (Å²) in [7, 11) is 0. The standard InChI is InChI=1S/C48H28N4/c1-2-11-32(12-3-1)51-42-18-7-6-14-34(42)38-26-30(20-23-43(38)51)31-21-24-44-39(27-31)36-22-19-29-10-4-5-13-33(29)48(36)52(44)45-28-40-35-16-9-25-49-47(35)37-15-8-17-41(50-45)46(37)40/h1-28H. The van der Waals surface area contributed by atoms with Crippen molar-refractivity contribution in [2.75, 3.05) is 0 Å². The van der Waals surface area contributed by atoms with E-state index in [-0.39, 0.29) is 0 Å². The number of rotatable bonds is 3. The van der Waals surface area contributed by atoms with Gasteiger partial charge in [-0.1, -0.05) is 103 Å². The van der Waals surface area contributed by atoms with Crippen LogP contribution in [0.5, 0.6) is 0 Å². The SMILES string of the molecule is c1ccc(-n2c3ccccc3c3cc(-c4ccc5c(c4)c4ccc6ccccc6c4n5-c4cc5c6c(cccc6n4)-c4ncccc4-5)ccc32)cc1. The van der Waals surface area contributed by atoms with E-state index in [9.17, 15) is 0 Å². The second-order valence-electron chi connectivity index (χ2n) is 13.8. The molecule has 11 aromatic rings. The number of nitrogens with zero attached hydrogens (tertiary/aromatic N) is 4. The van der Waals surface area contributed by atoms with Gasteiger partial charge in [-0.05, 0) is 82.7 Å². The maximum atomic E-state index is 5.37. The van der Waals surface area contributed by atoms with Gasteiger partial charge in [-0.2, -0.15) is 0 Å². The third-order valence-electron chi connectivity index (χ3n) is 11.1. The van der Waals surface area contributed by atoms with Gasteiger partial charge in [-0.15, -0.1) is 0 Å². The predicted molar refractivity (Wildman–Crippen MR) is 216 cm³/mol. The van der Waals surface area contributed by atoms with Crippen LogP contribution in [0.15, 0.2) is 170 Å². The maximum absolute atomic E-state index is 5.37. The number of aromatic nitrogens is 4. The van der Waals surface area contributed by atoms with Crippen LogP contribution in [-0.4, -0.2) is 19.1 Å². The molecule has 0 radical (unpaired) electrons. The Morgan fingerprint density at radius 1 is 0.423 bits per heavy atom. The summed E-state index contributed by atoms with van der Waals surface area (Å²) in [4.78, 5) is 10.2. The Balaban J connectivity index is 1.12. The molecule has 1 aliphatic rings. The fraction of sp³-hybridized carbons (Fsp3) is 0. The maximum Gasteiger partial charge on any atom is 0.138 e. The normalized spacial score (nSPS) is 12.2. The molecule has 4 heteroatoms. The molecule has 1 aliphatic carbocycles. The van der Waals surface area contributed by atoms with Crippen LogP contribution in [0, 0.1) is 0 Å². The molecule has 52 heavy (non-hydrogen) atoms. The Morgan fingerprint density at radius 3 is 2.00 bits per heavy atom. The van der Waals surface area contributed by atoms with Crippen molar-refractivity contribution in [1.82, 2.24) is 19.1 Å².